The van der Waals surface area contributed by atoms with Crippen LogP contribution in [0.4, 0.5) is 10.5 Å². The molecule has 2 amide bonds. The van der Waals surface area contributed by atoms with Gasteiger partial charge in [0.1, 0.15) is 0 Å². The maximum atomic E-state index is 12.8. The molecule has 0 fully saturated rings. The molecule has 0 aliphatic carbocycles. The molecule has 0 aromatic heterocycles. The highest BCUT2D eigenvalue weighted by atomic mass is 16.6. The van der Waals surface area contributed by atoms with Gasteiger partial charge in [-0.2, -0.15) is 0 Å². The van der Waals surface area contributed by atoms with E-state index in [9.17, 15) is 19.7 Å². The van der Waals surface area contributed by atoms with Crippen LogP contribution in [0.5, 0.6) is 0 Å². The summed E-state index contributed by atoms with van der Waals surface area (Å²) in [6, 6.07) is 13.5. The Hall–Kier alpha value is -3.68. The number of nitro benzene ring substituents is 1. The number of amides is 2. The second-order valence-corrected chi connectivity index (χ2v) is 6.14. The van der Waals surface area contributed by atoms with Crippen LogP contribution in [0.15, 0.2) is 60.2 Å². The van der Waals surface area contributed by atoms with E-state index >= 15 is 0 Å². The van der Waals surface area contributed by atoms with Crippen LogP contribution < -0.4 is 5.32 Å². The number of esters is 1. The first kappa shape index (κ1) is 19.1. The Morgan fingerprint density at radius 2 is 1.93 bits per heavy atom. The third kappa shape index (κ3) is 3.57. The van der Waals surface area contributed by atoms with E-state index in [1.807, 2.05) is 6.07 Å². The van der Waals surface area contributed by atoms with Crippen LogP contribution >= 0.6 is 0 Å². The van der Waals surface area contributed by atoms with E-state index in [1.165, 1.54) is 23.1 Å². The molecule has 8 nitrogen and oxygen atoms in total. The molecule has 0 radical (unpaired) electrons. The van der Waals surface area contributed by atoms with Crippen molar-refractivity contribution in [1.82, 2.24) is 10.2 Å². The number of hydrogen-bond acceptors (Lipinski definition) is 5. The summed E-state index contributed by atoms with van der Waals surface area (Å²) in [6.45, 7) is 1.85. The maximum absolute atomic E-state index is 12.8. The second kappa shape index (κ2) is 7.91. The Kier molecular flexibility index (Phi) is 5.39. The summed E-state index contributed by atoms with van der Waals surface area (Å²) in [7, 11) is 1.56. The molecule has 2 aromatic rings. The highest BCUT2D eigenvalue weighted by molar-refractivity contribution is 6.04. The standard InChI is InChI=1S/C20H19N3O5/c1-3-28-19(24)16-17(14-10-7-11-15(12-14)23(26)27)21-20(25)22(2)18(16)13-8-5-4-6-9-13/h4-12,17H,3H2,1-2H3,(H,21,25). The number of nitrogens with one attached hydrogen (secondary N) is 1. The van der Waals surface area contributed by atoms with Crippen LogP contribution in [0.3, 0.4) is 0 Å². The van der Waals surface area contributed by atoms with Crippen molar-refractivity contribution >= 4 is 23.4 Å². The van der Waals surface area contributed by atoms with Gasteiger partial charge in [0.2, 0.25) is 0 Å². The second-order valence-electron chi connectivity index (χ2n) is 6.14. The Balaban J connectivity index is 2.24. The topological polar surface area (TPSA) is 102 Å². The lowest BCUT2D eigenvalue weighted by Crippen LogP contribution is -2.46. The van der Waals surface area contributed by atoms with Crippen molar-refractivity contribution in [2.45, 2.75) is 13.0 Å². The molecule has 0 spiro atoms. The SMILES string of the molecule is CCOC(=O)C1=C(c2ccccc2)N(C)C(=O)NC1c1cccc([N+](=O)[O-])c1. The van der Waals surface area contributed by atoms with E-state index in [0.717, 1.165) is 0 Å². The van der Waals surface area contributed by atoms with Crippen LogP contribution in [-0.4, -0.2) is 35.5 Å². The lowest BCUT2D eigenvalue weighted by Gasteiger charge is -2.34. The minimum Gasteiger partial charge on any atom is -0.463 e. The zero-order valence-corrected chi connectivity index (χ0v) is 15.4. The molecule has 144 valence electrons. The molecule has 28 heavy (non-hydrogen) atoms. The number of ether oxygens (including phenoxy) is 1. The van der Waals surface area contributed by atoms with E-state index in [-0.39, 0.29) is 17.9 Å². The number of nitro groups is 1. The summed E-state index contributed by atoms with van der Waals surface area (Å²) in [5.74, 6) is -0.593. The summed E-state index contributed by atoms with van der Waals surface area (Å²) in [5.41, 5.74) is 1.58. The van der Waals surface area contributed by atoms with Crippen molar-refractivity contribution in [3.05, 3.63) is 81.4 Å². The van der Waals surface area contributed by atoms with Gasteiger partial charge < -0.3 is 10.1 Å². The molecule has 1 N–H and O–H groups in total. The zero-order valence-electron chi connectivity index (χ0n) is 15.4. The molecule has 8 heteroatoms. The number of carbonyl (C=O) groups is 2. The number of urea groups is 1. The van der Waals surface area contributed by atoms with Gasteiger partial charge >= 0.3 is 12.0 Å². The van der Waals surface area contributed by atoms with E-state index < -0.39 is 23.0 Å². The Morgan fingerprint density at radius 1 is 1.21 bits per heavy atom. The summed E-state index contributed by atoms with van der Waals surface area (Å²) >= 11 is 0. The Labute approximate surface area is 161 Å². The first-order chi connectivity index (χ1) is 13.4. The van der Waals surface area contributed by atoms with Crippen molar-refractivity contribution in [1.29, 1.82) is 0 Å². The fourth-order valence-corrected chi connectivity index (χ4v) is 3.15. The van der Waals surface area contributed by atoms with Crippen LogP contribution in [0, 0.1) is 10.1 Å². The Morgan fingerprint density at radius 3 is 2.57 bits per heavy atom. The number of hydrogen-bond donors (Lipinski definition) is 1. The van der Waals surface area contributed by atoms with Gasteiger partial charge in [0, 0.05) is 19.2 Å². The Bertz CT molecular complexity index is 955. The third-order valence-corrected chi connectivity index (χ3v) is 4.41. The molecule has 1 atom stereocenters. The van der Waals surface area contributed by atoms with Gasteiger partial charge in [-0.1, -0.05) is 42.5 Å². The van der Waals surface area contributed by atoms with Gasteiger partial charge in [-0.05, 0) is 18.1 Å². The number of rotatable bonds is 5. The van der Waals surface area contributed by atoms with Gasteiger partial charge in [0.15, 0.2) is 0 Å². The number of carbonyl (C=O) groups excluding carboxylic acids is 2. The van der Waals surface area contributed by atoms with Crippen molar-refractivity contribution in [2.24, 2.45) is 0 Å². The van der Waals surface area contributed by atoms with E-state index in [0.29, 0.717) is 16.8 Å². The van der Waals surface area contributed by atoms with E-state index in [4.69, 9.17) is 4.74 Å². The van der Waals surface area contributed by atoms with Gasteiger partial charge in [-0.3, -0.25) is 15.0 Å². The zero-order chi connectivity index (χ0) is 20.3. The minimum absolute atomic E-state index is 0.129. The highest BCUT2D eigenvalue weighted by Gasteiger charge is 2.37. The molecule has 2 aromatic carbocycles. The first-order valence-corrected chi connectivity index (χ1v) is 8.69. The third-order valence-electron chi connectivity index (χ3n) is 4.41. The minimum atomic E-state index is -0.877. The van der Waals surface area contributed by atoms with Gasteiger partial charge in [-0.25, -0.2) is 9.59 Å². The predicted octanol–water partition coefficient (Wildman–Crippen LogP) is 3.27. The van der Waals surface area contributed by atoms with E-state index in [2.05, 4.69) is 5.32 Å². The molecule has 0 saturated heterocycles. The lowest BCUT2D eigenvalue weighted by atomic mass is 9.92. The molecule has 1 unspecified atom stereocenters. The van der Waals surface area contributed by atoms with Gasteiger partial charge in [0.25, 0.3) is 5.69 Å². The molecule has 0 bridgehead atoms. The molecule has 1 aliphatic heterocycles. The van der Waals surface area contributed by atoms with Crippen molar-refractivity contribution in [3.8, 4) is 0 Å². The molecule has 1 aliphatic rings. The normalized spacial score (nSPS) is 16.6. The average molecular weight is 381 g/mol. The molecule has 1 heterocycles. The predicted molar refractivity (Wildman–Crippen MR) is 102 cm³/mol. The number of benzene rings is 2. The summed E-state index contributed by atoms with van der Waals surface area (Å²) in [5, 5.41) is 13.9. The summed E-state index contributed by atoms with van der Waals surface area (Å²) < 4.78 is 5.24. The fraction of sp³-hybridized carbons (Fsp3) is 0.200. The number of non-ortho nitro benzene ring substituents is 1. The molecule has 0 saturated carbocycles. The molecule has 3 rings (SSSR count). The largest absolute Gasteiger partial charge is 0.463 e. The average Bonchev–Trinajstić information content (AvgIpc) is 2.70. The maximum Gasteiger partial charge on any atom is 0.338 e. The van der Waals surface area contributed by atoms with Crippen molar-refractivity contribution in [2.75, 3.05) is 13.7 Å². The summed E-state index contributed by atoms with van der Waals surface area (Å²) in [6.07, 6.45) is 0. The van der Waals surface area contributed by atoms with Crippen LogP contribution in [0.2, 0.25) is 0 Å². The smallest absolute Gasteiger partial charge is 0.338 e. The van der Waals surface area contributed by atoms with Gasteiger partial charge in [0.05, 0.1) is 28.8 Å². The van der Waals surface area contributed by atoms with Crippen LogP contribution in [0.25, 0.3) is 5.70 Å². The van der Waals surface area contributed by atoms with Crippen LogP contribution in [0.1, 0.15) is 24.1 Å². The summed E-state index contributed by atoms with van der Waals surface area (Å²) in [4.78, 5) is 37.4. The van der Waals surface area contributed by atoms with Crippen molar-refractivity contribution in [3.63, 3.8) is 0 Å². The quantitative estimate of drug-likeness (QED) is 0.487. The van der Waals surface area contributed by atoms with Gasteiger partial charge in [-0.15, -0.1) is 0 Å². The monoisotopic (exact) mass is 381 g/mol. The van der Waals surface area contributed by atoms with Crippen LogP contribution in [-0.2, 0) is 9.53 Å². The van der Waals surface area contributed by atoms with Crippen molar-refractivity contribution < 1.29 is 19.2 Å². The lowest BCUT2D eigenvalue weighted by molar-refractivity contribution is -0.384. The first-order valence-electron chi connectivity index (χ1n) is 8.69. The highest BCUT2D eigenvalue weighted by Crippen LogP contribution is 2.36. The fourth-order valence-electron chi connectivity index (χ4n) is 3.15. The van der Waals surface area contributed by atoms with E-state index in [1.54, 1.807) is 44.3 Å². The molecular formula is C20H19N3O5. The molecular weight excluding hydrogens is 362 g/mol. The number of nitrogens with zero attached hydrogens (tertiary/aromatic N) is 2.